The summed E-state index contributed by atoms with van der Waals surface area (Å²) in [5.74, 6) is 0.0814. The minimum absolute atomic E-state index is 0.0814. The molecule has 0 atom stereocenters. The molecule has 0 unspecified atom stereocenters. The minimum atomic E-state index is -0.350. The molecule has 3 nitrogen and oxygen atoms in total. The highest BCUT2D eigenvalue weighted by atomic mass is 16.2. The molecule has 1 aromatic heterocycles. The monoisotopic (exact) mass is 252 g/mol. The summed E-state index contributed by atoms with van der Waals surface area (Å²) in [6, 6.07) is 13.7. The van der Waals surface area contributed by atoms with E-state index in [1.165, 1.54) is 0 Å². The van der Waals surface area contributed by atoms with Crippen LogP contribution in [0.3, 0.4) is 0 Å². The van der Waals surface area contributed by atoms with Crippen molar-refractivity contribution in [3.05, 3.63) is 60.4 Å². The van der Waals surface area contributed by atoms with Crippen LogP contribution < -0.4 is 5.32 Å². The maximum Gasteiger partial charge on any atom is 0.235 e. The first-order valence-corrected chi connectivity index (χ1v) is 6.58. The van der Waals surface area contributed by atoms with E-state index < -0.39 is 0 Å². The average molecular weight is 252 g/mol. The Kier molecular flexibility index (Phi) is 3.03. The standard InChI is InChI=1S/C16H16N2O/c19-15(18-14-8-4-11-17-12-14)16(9-5-10-16)13-6-2-1-3-7-13/h1-4,6-8,11-12H,5,9-10H2,(H,18,19). The number of carbonyl (C=O) groups excluding carboxylic acids is 1. The highest BCUT2D eigenvalue weighted by molar-refractivity contribution is 5.99. The molecule has 96 valence electrons. The summed E-state index contributed by atoms with van der Waals surface area (Å²) < 4.78 is 0. The second kappa shape index (κ2) is 4.84. The first-order valence-electron chi connectivity index (χ1n) is 6.58. The molecular weight excluding hydrogens is 236 g/mol. The molecule has 1 N–H and O–H groups in total. The number of rotatable bonds is 3. The van der Waals surface area contributed by atoms with Crippen molar-refractivity contribution in [1.82, 2.24) is 4.98 Å². The molecule has 0 saturated heterocycles. The number of carbonyl (C=O) groups is 1. The van der Waals surface area contributed by atoms with Crippen LogP contribution in [0.4, 0.5) is 5.69 Å². The molecule has 1 heterocycles. The van der Waals surface area contributed by atoms with E-state index in [0.717, 1.165) is 30.5 Å². The molecule has 0 spiro atoms. The molecular formula is C16H16N2O. The number of nitrogens with zero attached hydrogens (tertiary/aromatic N) is 1. The Morgan fingerprint density at radius 3 is 2.47 bits per heavy atom. The number of nitrogens with one attached hydrogen (secondary N) is 1. The first kappa shape index (κ1) is 11.9. The largest absolute Gasteiger partial charge is 0.324 e. The second-order valence-corrected chi connectivity index (χ2v) is 5.00. The Balaban J connectivity index is 1.85. The van der Waals surface area contributed by atoms with E-state index in [9.17, 15) is 4.79 Å². The summed E-state index contributed by atoms with van der Waals surface area (Å²) in [7, 11) is 0. The van der Waals surface area contributed by atoms with Crippen LogP contribution in [0.15, 0.2) is 54.9 Å². The van der Waals surface area contributed by atoms with Crippen LogP contribution in [0, 0.1) is 0 Å². The van der Waals surface area contributed by atoms with Gasteiger partial charge in [-0.2, -0.15) is 0 Å². The number of amides is 1. The maximum absolute atomic E-state index is 12.6. The third-order valence-electron chi connectivity index (χ3n) is 3.89. The van der Waals surface area contributed by atoms with E-state index in [-0.39, 0.29) is 11.3 Å². The summed E-state index contributed by atoms with van der Waals surface area (Å²) in [6.07, 6.45) is 6.32. The molecule has 1 fully saturated rings. The van der Waals surface area contributed by atoms with E-state index in [4.69, 9.17) is 0 Å². The first-order chi connectivity index (χ1) is 9.31. The van der Waals surface area contributed by atoms with Crippen molar-refractivity contribution in [3.63, 3.8) is 0 Å². The number of hydrogen-bond acceptors (Lipinski definition) is 2. The second-order valence-electron chi connectivity index (χ2n) is 5.00. The molecule has 3 heteroatoms. The average Bonchev–Trinajstić information content (AvgIpc) is 2.40. The minimum Gasteiger partial charge on any atom is -0.324 e. The quantitative estimate of drug-likeness (QED) is 0.911. The van der Waals surface area contributed by atoms with Gasteiger partial charge in [0.15, 0.2) is 0 Å². The van der Waals surface area contributed by atoms with Crippen molar-refractivity contribution in [2.24, 2.45) is 0 Å². The van der Waals surface area contributed by atoms with E-state index >= 15 is 0 Å². The Morgan fingerprint density at radius 2 is 1.89 bits per heavy atom. The van der Waals surface area contributed by atoms with Crippen LogP contribution in [0.5, 0.6) is 0 Å². The highest BCUT2D eigenvalue weighted by Crippen LogP contribution is 2.44. The molecule has 19 heavy (non-hydrogen) atoms. The van der Waals surface area contributed by atoms with Gasteiger partial charge in [-0.25, -0.2) is 0 Å². The van der Waals surface area contributed by atoms with Gasteiger partial charge in [-0.15, -0.1) is 0 Å². The van der Waals surface area contributed by atoms with E-state index in [1.54, 1.807) is 12.4 Å². The summed E-state index contributed by atoms with van der Waals surface area (Å²) in [4.78, 5) is 16.6. The smallest absolute Gasteiger partial charge is 0.235 e. The lowest BCUT2D eigenvalue weighted by Gasteiger charge is -2.40. The lowest BCUT2D eigenvalue weighted by molar-refractivity contribution is -0.124. The molecule has 1 aliphatic carbocycles. The van der Waals surface area contributed by atoms with Crippen LogP contribution >= 0.6 is 0 Å². The molecule has 0 bridgehead atoms. The van der Waals surface area contributed by atoms with Gasteiger partial charge >= 0.3 is 0 Å². The Labute approximate surface area is 112 Å². The lowest BCUT2D eigenvalue weighted by Crippen LogP contribution is -2.45. The molecule has 1 aliphatic rings. The van der Waals surface area contributed by atoms with Gasteiger partial charge in [0.2, 0.25) is 5.91 Å². The Hall–Kier alpha value is -2.16. The van der Waals surface area contributed by atoms with Crippen LogP contribution in [-0.4, -0.2) is 10.9 Å². The van der Waals surface area contributed by atoms with E-state index in [0.29, 0.717) is 0 Å². The number of pyridine rings is 1. The van der Waals surface area contributed by atoms with Gasteiger partial charge in [0.1, 0.15) is 0 Å². The SMILES string of the molecule is O=C(Nc1cccnc1)C1(c2ccccc2)CCC1. The molecule has 2 aromatic rings. The Morgan fingerprint density at radius 1 is 1.11 bits per heavy atom. The molecule has 0 radical (unpaired) electrons. The molecule has 3 rings (SSSR count). The van der Waals surface area contributed by atoms with Gasteiger partial charge in [-0.05, 0) is 30.5 Å². The van der Waals surface area contributed by atoms with Gasteiger partial charge in [-0.3, -0.25) is 9.78 Å². The number of aromatic nitrogens is 1. The van der Waals surface area contributed by atoms with Crippen molar-refractivity contribution in [3.8, 4) is 0 Å². The third kappa shape index (κ3) is 2.12. The predicted octanol–water partition coefficient (Wildman–Crippen LogP) is 3.14. The predicted molar refractivity (Wildman–Crippen MR) is 74.8 cm³/mol. The normalized spacial score (nSPS) is 16.4. The van der Waals surface area contributed by atoms with Crippen molar-refractivity contribution < 1.29 is 4.79 Å². The maximum atomic E-state index is 12.6. The van der Waals surface area contributed by atoms with Crippen LogP contribution in [-0.2, 0) is 10.2 Å². The van der Waals surface area contributed by atoms with E-state index in [1.807, 2.05) is 42.5 Å². The topological polar surface area (TPSA) is 42.0 Å². The van der Waals surface area contributed by atoms with Gasteiger partial charge in [0.05, 0.1) is 17.3 Å². The fourth-order valence-electron chi connectivity index (χ4n) is 2.62. The highest BCUT2D eigenvalue weighted by Gasteiger charge is 2.45. The summed E-state index contributed by atoms with van der Waals surface area (Å²) in [6.45, 7) is 0. The molecule has 1 amide bonds. The van der Waals surface area contributed by atoms with Crippen LogP contribution in [0.25, 0.3) is 0 Å². The van der Waals surface area contributed by atoms with Crippen molar-refractivity contribution in [1.29, 1.82) is 0 Å². The van der Waals surface area contributed by atoms with Crippen molar-refractivity contribution in [2.45, 2.75) is 24.7 Å². The number of anilines is 1. The number of benzene rings is 1. The summed E-state index contributed by atoms with van der Waals surface area (Å²) in [5.41, 5.74) is 1.52. The van der Waals surface area contributed by atoms with Crippen molar-refractivity contribution >= 4 is 11.6 Å². The zero-order chi connectivity index (χ0) is 13.1. The summed E-state index contributed by atoms with van der Waals surface area (Å²) in [5, 5.41) is 2.98. The number of hydrogen-bond donors (Lipinski definition) is 1. The lowest BCUT2D eigenvalue weighted by atomic mass is 9.64. The fourth-order valence-corrected chi connectivity index (χ4v) is 2.62. The Bertz CT molecular complexity index is 562. The molecule has 1 aromatic carbocycles. The molecule has 0 aliphatic heterocycles. The van der Waals surface area contributed by atoms with Crippen LogP contribution in [0.1, 0.15) is 24.8 Å². The summed E-state index contributed by atoms with van der Waals surface area (Å²) >= 11 is 0. The zero-order valence-corrected chi connectivity index (χ0v) is 10.7. The van der Waals surface area contributed by atoms with Gasteiger partial charge in [-0.1, -0.05) is 36.8 Å². The fraction of sp³-hybridized carbons (Fsp3) is 0.250. The van der Waals surface area contributed by atoms with Crippen LogP contribution in [0.2, 0.25) is 0 Å². The van der Waals surface area contributed by atoms with E-state index in [2.05, 4.69) is 10.3 Å². The zero-order valence-electron chi connectivity index (χ0n) is 10.7. The van der Waals surface area contributed by atoms with Gasteiger partial charge < -0.3 is 5.32 Å². The van der Waals surface area contributed by atoms with Crippen molar-refractivity contribution in [2.75, 3.05) is 5.32 Å². The third-order valence-corrected chi connectivity index (χ3v) is 3.89. The molecule has 1 saturated carbocycles. The van der Waals surface area contributed by atoms with Gasteiger partial charge in [0, 0.05) is 6.20 Å². The van der Waals surface area contributed by atoms with Gasteiger partial charge in [0.25, 0.3) is 0 Å².